The molecule has 0 bridgehead atoms. The summed E-state index contributed by atoms with van der Waals surface area (Å²) in [5, 5.41) is 8.66. The first kappa shape index (κ1) is 14.0. The van der Waals surface area contributed by atoms with Gasteiger partial charge in [0.1, 0.15) is 5.82 Å². The van der Waals surface area contributed by atoms with Crippen molar-refractivity contribution in [2.45, 2.75) is 13.0 Å². The molecule has 0 aliphatic carbocycles. The van der Waals surface area contributed by atoms with Crippen molar-refractivity contribution < 1.29 is 9.13 Å². The Morgan fingerprint density at radius 2 is 1.95 bits per heavy atom. The van der Waals surface area contributed by atoms with Crippen LogP contribution in [0.2, 0.25) is 0 Å². The highest BCUT2D eigenvalue weighted by atomic mass is 19.1. The predicted molar refractivity (Wildman–Crippen MR) is 75.3 cm³/mol. The molecule has 0 aromatic heterocycles. The van der Waals surface area contributed by atoms with E-state index in [-0.39, 0.29) is 6.61 Å². The van der Waals surface area contributed by atoms with Gasteiger partial charge in [-0.15, -0.1) is 0 Å². The van der Waals surface area contributed by atoms with Gasteiger partial charge in [-0.05, 0) is 30.2 Å². The Hall–Kier alpha value is -2.38. The van der Waals surface area contributed by atoms with E-state index in [2.05, 4.69) is 0 Å². The second-order valence-electron chi connectivity index (χ2n) is 4.42. The van der Waals surface area contributed by atoms with E-state index in [1.807, 2.05) is 30.3 Å². The fraction of sp³-hybridized carbons (Fsp3) is 0.188. The standard InChI is InChI=1S/C16H15FN2O/c17-15-9-12(10-18)5-6-14(15)11-20-8-7-13-3-1-2-4-16(13)19/h1-6,9H,7-8,11,19H2. The second-order valence-corrected chi connectivity index (χ2v) is 4.42. The number of hydrogen-bond acceptors (Lipinski definition) is 3. The summed E-state index contributed by atoms with van der Waals surface area (Å²) < 4.78 is 19.1. The van der Waals surface area contributed by atoms with E-state index in [4.69, 9.17) is 15.7 Å². The molecule has 102 valence electrons. The third kappa shape index (κ3) is 3.56. The normalized spacial score (nSPS) is 10.2. The summed E-state index contributed by atoms with van der Waals surface area (Å²) in [4.78, 5) is 0. The van der Waals surface area contributed by atoms with E-state index in [1.54, 1.807) is 12.1 Å². The SMILES string of the molecule is N#Cc1ccc(COCCc2ccccc2N)c(F)c1. The van der Waals surface area contributed by atoms with E-state index in [0.717, 1.165) is 11.3 Å². The third-order valence-electron chi connectivity index (χ3n) is 3.01. The molecule has 4 heteroatoms. The molecular formula is C16H15FN2O. The predicted octanol–water partition coefficient (Wildman–Crippen LogP) is 3.04. The van der Waals surface area contributed by atoms with Crippen LogP contribution in [-0.2, 0) is 17.8 Å². The van der Waals surface area contributed by atoms with Gasteiger partial charge in [-0.2, -0.15) is 5.26 Å². The molecule has 0 heterocycles. The van der Waals surface area contributed by atoms with Crippen molar-refractivity contribution in [1.82, 2.24) is 0 Å². The van der Waals surface area contributed by atoms with E-state index >= 15 is 0 Å². The van der Waals surface area contributed by atoms with Gasteiger partial charge in [-0.3, -0.25) is 0 Å². The lowest BCUT2D eigenvalue weighted by atomic mass is 10.1. The maximum absolute atomic E-state index is 13.6. The van der Waals surface area contributed by atoms with Gasteiger partial charge in [0.2, 0.25) is 0 Å². The third-order valence-corrected chi connectivity index (χ3v) is 3.01. The van der Waals surface area contributed by atoms with Gasteiger partial charge in [-0.1, -0.05) is 24.3 Å². The molecule has 0 saturated heterocycles. The van der Waals surface area contributed by atoms with Crippen LogP contribution in [0.1, 0.15) is 16.7 Å². The molecule has 0 amide bonds. The number of nitrogen functional groups attached to an aromatic ring is 1. The summed E-state index contributed by atoms with van der Waals surface area (Å²) in [5.74, 6) is -0.414. The van der Waals surface area contributed by atoms with Crippen molar-refractivity contribution in [3.05, 3.63) is 65.0 Å². The van der Waals surface area contributed by atoms with Crippen molar-refractivity contribution in [1.29, 1.82) is 5.26 Å². The van der Waals surface area contributed by atoms with Crippen LogP contribution in [0.5, 0.6) is 0 Å². The molecule has 0 atom stereocenters. The zero-order chi connectivity index (χ0) is 14.4. The van der Waals surface area contributed by atoms with E-state index in [1.165, 1.54) is 6.07 Å². The highest BCUT2D eigenvalue weighted by Gasteiger charge is 2.04. The Morgan fingerprint density at radius 3 is 2.65 bits per heavy atom. The number of ether oxygens (including phenoxy) is 1. The number of benzene rings is 2. The lowest BCUT2D eigenvalue weighted by Crippen LogP contribution is -2.03. The number of anilines is 1. The van der Waals surface area contributed by atoms with Crippen molar-refractivity contribution >= 4 is 5.69 Å². The molecule has 2 rings (SSSR count). The minimum Gasteiger partial charge on any atom is -0.399 e. The van der Waals surface area contributed by atoms with Gasteiger partial charge < -0.3 is 10.5 Å². The minimum atomic E-state index is -0.414. The number of para-hydroxylation sites is 1. The molecule has 0 aliphatic rings. The molecular weight excluding hydrogens is 255 g/mol. The fourth-order valence-electron chi connectivity index (χ4n) is 1.86. The average molecular weight is 270 g/mol. The molecule has 0 spiro atoms. The Bertz CT molecular complexity index is 635. The molecule has 2 aromatic carbocycles. The molecule has 0 fully saturated rings. The molecule has 20 heavy (non-hydrogen) atoms. The highest BCUT2D eigenvalue weighted by molar-refractivity contribution is 5.46. The van der Waals surface area contributed by atoms with Crippen LogP contribution in [0.25, 0.3) is 0 Å². The zero-order valence-electron chi connectivity index (χ0n) is 11.0. The van der Waals surface area contributed by atoms with E-state index < -0.39 is 5.82 Å². The molecule has 0 saturated carbocycles. The molecule has 3 nitrogen and oxygen atoms in total. The summed E-state index contributed by atoms with van der Waals surface area (Å²) >= 11 is 0. The molecule has 0 aliphatic heterocycles. The number of nitrogens with two attached hydrogens (primary N) is 1. The maximum atomic E-state index is 13.6. The van der Waals surface area contributed by atoms with Crippen LogP contribution in [0.3, 0.4) is 0 Å². The Morgan fingerprint density at radius 1 is 1.15 bits per heavy atom. The number of hydrogen-bond donors (Lipinski definition) is 1. The highest BCUT2D eigenvalue weighted by Crippen LogP contribution is 2.13. The van der Waals surface area contributed by atoms with Gasteiger partial charge in [0, 0.05) is 11.3 Å². The van der Waals surface area contributed by atoms with E-state index in [9.17, 15) is 4.39 Å². The first-order chi connectivity index (χ1) is 9.70. The van der Waals surface area contributed by atoms with Crippen LogP contribution < -0.4 is 5.73 Å². The van der Waals surface area contributed by atoms with Crippen molar-refractivity contribution in [2.24, 2.45) is 0 Å². The van der Waals surface area contributed by atoms with Gasteiger partial charge in [0.15, 0.2) is 0 Å². The summed E-state index contributed by atoms with van der Waals surface area (Å²) in [5.41, 5.74) is 8.34. The summed E-state index contributed by atoms with van der Waals surface area (Å²) in [6.45, 7) is 0.651. The molecule has 2 aromatic rings. The average Bonchev–Trinajstić information content (AvgIpc) is 2.46. The lowest BCUT2D eigenvalue weighted by molar-refractivity contribution is 0.121. The van der Waals surface area contributed by atoms with Crippen molar-refractivity contribution in [3.8, 4) is 6.07 Å². The van der Waals surface area contributed by atoms with Gasteiger partial charge >= 0.3 is 0 Å². The Balaban J connectivity index is 1.85. The first-order valence-corrected chi connectivity index (χ1v) is 6.30. The number of halogens is 1. The second kappa shape index (κ2) is 6.69. The number of nitriles is 1. The van der Waals surface area contributed by atoms with Crippen LogP contribution >= 0.6 is 0 Å². The fourth-order valence-corrected chi connectivity index (χ4v) is 1.86. The number of nitrogens with zero attached hydrogens (tertiary/aromatic N) is 1. The van der Waals surface area contributed by atoms with Crippen LogP contribution in [0.4, 0.5) is 10.1 Å². The monoisotopic (exact) mass is 270 g/mol. The van der Waals surface area contributed by atoms with Gasteiger partial charge in [-0.25, -0.2) is 4.39 Å². The first-order valence-electron chi connectivity index (χ1n) is 6.30. The quantitative estimate of drug-likeness (QED) is 0.671. The summed E-state index contributed by atoms with van der Waals surface area (Å²) in [6.07, 6.45) is 0.685. The van der Waals surface area contributed by atoms with Gasteiger partial charge in [0.25, 0.3) is 0 Å². The largest absolute Gasteiger partial charge is 0.399 e. The Kier molecular flexibility index (Phi) is 4.70. The zero-order valence-corrected chi connectivity index (χ0v) is 11.0. The van der Waals surface area contributed by atoms with Crippen LogP contribution in [-0.4, -0.2) is 6.61 Å². The van der Waals surface area contributed by atoms with Crippen LogP contribution in [0.15, 0.2) is 42.5 Å². The van der Waals surface area contributed by atoms with E-state index in [0.29, 0.717) is 24.2 Å². The minimum absolute atomic E-state index is 0.185. The van der Waals surface area contributed by atoms with Crippen molar-refractivity contribution in [2.75, 3.05) is 12.3 Å². The van der Waals surface area contributed by atoms with Crippen LogP contribution in [0, 0.1) is 17.1 Å². The summed E-state index contributed by atoms with van der Waals surface area (Å²) in [7, 11) is 0. The molecule has 0 unspecified atom stereocenters. The smallest absolute Gasteiger partial charge is 0.130 e. The molecule has 0 radical (unpaired) electrons. The number of rotatable bonds is 5. The van der Waals surface area contributed by atoms with Crippen molar-refractivity contribution in [3.63, 3.8) is 0 Å². The maximum Gasteiger partial charge on any atom is 0.130 e. The molecule has 2 N–H and O–H groups in total. The Labute approximate surface area is 117 Å². The van der Waals surface area contributed by atoms with Gasteiger partial charge in [0.05, 0.1) is 24.8 Å². The topological polar surface area (TPSA) is 59.0 Å². The summed E-state index contributed by atoms with van der Waals surface area (Å²) in [6, 6.07) is 13.9. The lowest BCUT2D eigenvalue weighted by Gasteiger charge is -2.07.